The molecule has 0 atom stereocenters. The first-order chi connectivity index (χ1) is 8.74. The largest absolute Gasteiger partial charge is 0.256 e. The maximum absolute atomic E-state index is 5.84. The highest BCUT2D eigenvalue weighted by atomic mass is 35.5. The number of aryl methyl sites for hydroxylation is 1. The maximum Gasteiger partial charge on any atom is 0.222 e. The summed E-state index contributed by atoms with van der Waals surface area (Å²) < 4.78 is 0. The number of hydrogen-bond acceptors (Lipinski definition) is 3. The Labute approximate surface area is 109 Å². The Bertz CT molecular complexity index is 725. The highest BCUT2D eigenvalue weighted by Gasteiger charge is 2.07. The van der Waals surface area contributed by atoms with Crippen molar-refractivity contribution in [1.82, 2.24) is 15.0 Å². The third-order valence-electron chi connectivity index (χ3n) is 2.81. The molecule has 0 unspecified atom stereocenters. The zero-order valence-corrected chi connectivity index (χ0v) is 10.5. The molecule has 0 fully saturated rings. The van der Waals surface area contributed by atoms with Gasteiger partial charge in [0, 0.05) is 23.3 Å². The summed E-state index contributed by atoms with van der Waals surface area (Å²) in [7, 11) is 0. The van der Waals surface area contributed by atoms with E-state index in [1.165, 1.54) is 0 Å². The van der Waals surface area contributed by atoms with E-state index in [1.807, 2.05) is 37.4 Å². The highest BCUT2D eigenvalue weighted by Crippen LogP contribution is 2.24. The van der Waals surface area contributed by atoms with Gasteiger partial charge in [-0.3, -0.25) is 4.98 Å². The number of halogens is 1. The van der Waals surface area contributed by atoms with Gasteiger partial charge in [-0.25, -0.2) is 9.97 Å². The molecule has 3 nitrogen and oxygen atoms in total. The number of fused-ring (bicyclic) bond motifs is 1. The molecule has 1 aromatic carbocycles. The van der Waals surface area contributed by atoms with Crippen LogP contribution in [0.15, 0.2) is 42.7 Å². The molecule has 0 aliphatic rings. The van der Waals surface area contributed by atoms with Crippen LogP contribution >= 0.6 is 11.6 Å². The fraction of sp³-hybridized carbons (Fsp3) is 0.0714. The number of aromatic nitrogens is 3. The summed E-state index contributed by atoms with van der Waals surface area (Å²) in [5.41, 5.74) is 3.74. The Morgan fingerprint density at radius 1 is 1.06 bits per heavy atom. The average molecular weight is 256 g/mol. The second kappa shape index (κ2) is 4.35. The van der Waals surface area contributed by atoms with Crippen LogP contribution in [0, 0.1) is 6.92 Å². The van der Waals surface area contributed by atoms with Gasteiger partial charge in [-0.1, -0.05) is 18.2 Å². The minimum Gasteiger partial charge on any atom is -0.256 e. The molecule has 0 bridgehead atoms. The van der Waals surface area contributed by atoms with Gasteiger partial charge in [-0.15, -0.1) is 0 Å². The van der Waals surface area contributed by atoms with Crippen molar-refractivity contribution in [2.24, 2.45) is 0 Å². The quantitative estimate of drug-likeness (QED) is 0.623. The summed E-state index contributed by atoms with van der Waals surface area (Å²) in [5, 5.41) is 1.34. The normalized spacial score (nSPS) is 10.8. The van der Waals surface area contributed by atoms with Crippen molar-refractivity contribution >= 4 is 22.5 Å². The van der Waals surface area contributed by atoms with Gasteiger partial charge in [0.1, 0.15) is 0 Å². The van der Waals surface area contributed by atoms with Crippen molar-refractivity contribution in [1.29, 1.82) is 0 Å². The Balaban J connectivity index is 2.22. The molecule has 2 heterocycles. The Morgan fingerprint density at radius 3 is 2.78 bits per heavy atom. The minimum atomic E-state index is 0.253. The van der Waals surface area contributed by atoms with Crippen LogP contribution in [-0.4, -0.2) is 15.0 Å². The number of nitrogens with zero attached hydrogens (tertiary/aromatic N) is 3. The Morgan fingerprint density at radius 2 is 1.89 bits per heavy atom. The van der Waals surface area contributed by atoms with E-state index in [9.17, 15) is 0 Å². The molecule has 3 rings (SSSR count). The molecule has 0 radical (unpaired) electrons. The SMILES string of the molecule is Cc1cnc(Cl)nc1-c1cnc2ccccc2c1. The Kier molecular flexibility index (Phi) is 2.68. The molecule has 0 saturated heterocycles. The minimum absolute atomic E-state index is 0.253. The van der Waals surface area contributed by atoms with E-state index in [2.05, 4.69) is 21.0 Å². The number of hydrogen-bond donors (Lipinski definition) is 0. The van der Waals surface area contributed by atoms with Crippen molar-refractivity contribution in [3.8, 4) is 11.3 Å². The predicted octanol–water partition coefficient (Wildman–Crippen LogP) is 3.65. The van der Waals surface area contributed by atoms with Crippen LogP contribution in [0.3, 0.4) is 0 Å². The van der Waals surface area contributed by atoms with Crippen LogP contribution in [0.2, 0.25) is 5.28 Å². The van der Waals surface area contributed by atoms with E-state index >= 15 is 0 Å². The van der Waals surface area contributed by atoms with Crippen molar-refractivity contribution in [2.75, 3.05) is 0 Å². The number of benzene rings is 1. The smallest absolute Gasteiger partial charge is 0.222 e. The van der Waals surface area contributed by atoms with Crippen LogP contribution in [0.1, 0.15) is 5.56 Å². The molecule has 88 valence electrons. The van der Waals surface area contributed by atoms with Gasteiger partial charge in [0.15, 0.2) is 0 Å². The number of pyridine rings is 1. The van der Waals surface area contributed by atoms with Gasteiger partial charge in [0.05, 0.1) is 11.2 Å². The lowest BCUT2D eigenvalue weighted by Crippen LogP contribution is -1.92. The molecule has 3 aromatic rings. The zero-order valence-electron chi connectivity index (χ0n) is 9.76. The molecule has 0 aliphatic carbocycles. The fourth-order valence-corrected chi connectivity index (χ4v) is 2.05. The van der Waals surface area contributed by atoms with E-state index in [0.717, 1.165) is 27.7 Å². The summed E-state index contributed by atoms with van der Waals surface area (Å²) in [6.07, 6.45) is 3.54. The van der Waals surface area contributed by atoms with Gasteiger partial charge >= 0.3 is 0 Å². The van der Waals surface area contributed by atoms with E-state index in [4.69, 9.17) is 11.6 Å². The highest BCUT2D eigenvalue weighted by molar-refractivity contribution is 6.28. The molecular formula is C14H10ClN3. The molecule has 2 aromatic heterocycles. The summed E-state index contributed by atoms with van der Waals surface area (Å²) in [6, 6.07) is 10.0. The molecule has 4 heteroatoms. The zero-order chi connectivity index (χ0) is 12.5. The van der Waals surface area contributed by atoms with E-state index in [1.54, 1.807) is 6.20 Å². The van der Waals surface area contributed by atoms with Gasteiger partial charge in [0.25, 0.3) is 0 Å². The van der Waals surface area contributed by atoms with Gasteiger partial charge < -0.3 is 0 Å². The van der Waals surface area contributed by atoms with Crippen LogP contribution in [0.25, 0.3) is 22.2 Å². The first kappa shape index (κ1) is 11.1. The fourth-order valence-electron chi connectivity index (χ4n) is 1.91. The molecule has 0 spiro atoms. The summed E-state index contributed by atoms with van der Waals surface area (Å²) in [5.74, 6) is 0. The predicted molar refractivity (Wildman–Crippen MR) is 72.5 cm³/mol. The van der Waals surface area contributed by atoms with Crippen LogP contribution in [-0.2, 0) is 0 Å². The molecule has 0 amide bonds. The molecule has 0 N–H and O–H groups in total. The number of para-hydroxylation sites is 1. The molecule has 0 saturated carbocycles. The van der Waals surface area contributed by atoms with Crippen LogP contribution in [0.4, 0.5) is 0 Å². The van der Waals surface area contributed by atoms with E-state index in [0.29, 0.717) is 0 Å². The Hall–Kier alpha value is -2.00. The molecule has 0 aliphatic heterocycles. The van der Waals surface area contributed by atoms with Gasteiger partial charge in [0.2, 0.25) is 5.28 Å². The van der Waals surface area contributed by atoms with Crippen molar-refractivity contribution in [3.05, 3.63) is 53.6 Å². The topological polar surface area (TPSA) is 38.7 Å². The second-order valence-electron chi connectivity index (χ2n) is 4.09. The third kappa shape index (κ3) is 1.93. The average Bonchev–Trinajstić information content (AvgIpc) is 2.41. The van der Waals surface area contributed by atoms with Crippen molar-refractivity contribution < 1.29 is 0 Å². The standard InChI is InChI=1S/C14H10ClN3/c1-9-7-17-14(15)18-13(9)11-6-10-4-2-3-5-12(10)16-8-11/h2-8H,1H3. The van der Waals surface area contributed by atoms with Crippen molar-refractivity contribution in [3.63, 3.8) is 0 Å². The summed E-state index contributed by atoms with van der Waals surface area (Å²) in [4.78, 5) is 12.7. The lowest BCUT2D eigenvalue weighted by atomic mass is 10.1. The summed E-state index contributed by atoms with van der Waals surface area (Å²) >= 11 is 5.84. The van der Waals surface area contributed by atoms with Gasteiger partial charge in [-0.2, -0.15) is 0 Å². The second-order valence-corrected chi connectivity index (χ2v) is 4.43. The van der Waals surface area contributed by atoms with Crippen molar-refractivity contribution in [2.45, 2.75) is 6.92 Å². The monoisotopic (exact) mass is 255 g/mol. The molecule has 18 heavy (non-hydrogen) atoms. The van der Waals surface area contributed by atoms with E-state index < -0.39 is 0 Å². The van der Waals surface area contributed by atoms with E-state index in [-0.39, 0.29) is 5.28 Å². The molecular weight excluding hydrogens is 246 g/mol. The first-order valence-corrected chi connectivity index (χ1v) is 5.96. The van der Waals surface area contributed by atoms with Crippen LogP contribution in [0.5, 0.6) is 0 Å². The lowest BCUT2D eigenvalue weighted by molar-refractivity contribution is 1.13. The van der Waals surface area contributed by atoms with Gasteiger partial charge in [-0.05, 0) is 36.2 Å². The first-order valence-electron chi connectivity index (χ1n) is 5.58. The maximum atomic E-state index is 5.84. The lowest BCUT2D eigenvalue weighted by Gasteiger charge is -2.05. The van der Waals surface area contributed by atoms with Crippen LogP contribution < -0.4 is 0 Å². The summed E-state index contributed by atoms with van der Waals surface area (Å²) in [6.45, 7) is 1.96. The number of rotatable bonds is 1. The third-order valence-corrected chi connectivity index (χ3v) is 2.99.